The zero-order chi connectivity index (χ0) is 20.5. The minimum Gasteiger partial charge on any atom is -0.543 e. The second-order valence-electron chi connectivity index (χ2n) is 7.39. The number of aromatic nitrogens is 2. The predicted octanol–water partition coefficient (Wildman–Crippen LogP) is -3.58. The van der Waals surface area contributed by atoms with Crippen molar-refractivity contribution in [1.29, 1.82) is 0 Å². The van der Waals surface area contributed by atoms with Gasteiger partial charge in [0.05, 0.1) is 35.4 Å². The number of nitrogens with zero attached hydrogens (tertiary/aromatic N) is 4. The molecular formula is C18H19N4NaO5S. The molecule has 148 valence electrons. The maximum Gasteiger partial charge on any atom is 1.00 e. The Balaban J connectivity index is 0.00000240. The molecule has 4 heterocycles. The fourth-order valence-corrected chi connectivity index (χ4v) is 5.21. The standard InChI is InChI=1S/C18H20N4O5S.Na/c1-7-10(14(18(26)27)22-13(7)11(8(2)23)15(22)24)9-5-28-17-12(16(25)20(3)4)19-6-21(9)17;/h5-8,11,13,23H,1-4H3,(H,26,27);/q;+1/p-1/t7-,8+,11+,13+;/m0./s1. The van der Waals surface area contributed by atoms with Crippen LogP contribution in [0.2, 0.25) is 0 Å². The van der Waals surface area contributed by atoms with Gasteiger partial charge in [0.25, 0.3) is 5.91 Å². The Bertz CT molecular complexity index is 1060. The molecule has 9 nitrogen and oxygen atoms in total. The van der Waals surface area contributed by atoms with E-state index in [1.54, 1.807) is 23.9 Å². The van der Waals surface area contributed by atoms with Crippen molar-refractivity contribution >= 4 is 39.5 Å². The van der Waals surface area contributed by atoms with Crippen molar-refractivity contribution in [3.63, 3.8) is 0 Å². The third kappa shape index (κ3) is 2.97. The molecule has 2 aromatic rings. The van der Waals surface area contributed by atoms with E-state index in [1.165, 1.54) is 34.4 Å². The molecule has 1 fully saturated rings. The van der Waals surface area contributed by atoms with Crippen molar-refractivity contribution in [3.05, 3.63) is 28.8 Å². The molecule has 0 spiro atoms. The third-order valence-electron chi connectivity index (χ3n) is 5.52. The average Bonchev–Trinajstić information content (AvgIpc) is 3.25. The van der Waals surface area contributed by atoms with Crippen LogP contribution < -0.4 is 34.7 Å². The van der Waals surface area contributed by atoms with Crippen molar-refractivity contribution < 1.29 is 54.2 Å². The second kappa shape index (κ2) is 7.51. The smallest absolute Gasteiger partial charge is 0.543 e. The summed E-state index contributed by atoms with van der Waals surface area (Å²) >= 11 is 1.28. The molecule has 29 heavy (non-hydrogen) atoms. The monoisotopic (exact) mass is 426 g/mol. The Morgan fingerprint density at radius 3 is 2.59 bits per heavy atom. The van der Waals surface area contributed by atoms with Crippen LogP contribution in [-0.2, 0) is 9.59 Å². The molecule has 0 saturated carbocycles. The number of β-lactam (4-membered cyclic amide) rings is 1. The van der Waals surface area contributed by atoms with Crippen molar-refractivity contribution in [2.45, 2.75) is 26.0 Å². The zero-order valence-electron chi connectivity index (χ0n) is 16.7. The van der Waals surface area contributed by atoms with Crippen LogP contribution in [0, 0.1) is 11.8 Å². The number of carboxylic acid groups (broad SMARTS) is 1. The van der Waals surface area contributed by atoms with Gasteiger partial charge in [-0.1, -0.05) is 6.92 Å². The van der Waals surface area contributed by atoms with E-state index in [2.05, 4.69) is 4.98 Å². The summed E-state index contributed by atoms with van der Waals surface area (Å²) in [5, 5.41) is 23.6. The first kappa shape index (κ1) is 22.0. The molecule has 1 N–H and O–H groups in total. The number of carboxylic acids is 1. The number of carbonyl (C=O) groups is 3. The van der Waals surface area contributed by atoms with Crippen LogP contribution in [0.4, 0.5) is 0 Å². The first-order chi connectivity index (χ1) is 13.2. The minimum absolute atomic E-state index is 0. The SMILES string of the molecule is C[C@@H](O)[C@H]1C(=O)N2C(C(=O)[O-])=C(c3csc4c(C(=O)N(C)C)ncn34)[C@H](C)[C@H]12.[Na+]. The van der Waals surface area contributed by atoms with Crippen LogP contribution >= 0.6 is 11.3 Å². The molecular weight excluding hydrogens is 407 g/mol. The number of aliphatic carboxylic acids is 1. The van der Waals surface area contributed by atoms with E-state index in [1.807, 2.05) is 6.92 Å². The van der Waals surface area contributed by atoms with E-state index in [4.69, 9.17) is 0 Å². The van der Waals surface area contributed by atoms with Crippen molar-refractivity contribution in [2.24, 2.45) is 11.8 Å². The fraction of sp³-hybridized carbons (Fsp3) is 0.444. The van der Waals surface area contributed by atoms with Gasteiger partial charge >= 0.3 is 29.6 Å². The van der Waals surface area contributed by atoms with E-state index < -0.39 is 29.9 Å². The van der Waals surface area contributed by atoms with Gasteiger partial charge in [-0.15, -0.1) is 11.3 Å². The Hall–Kier alpha value is -1.72. The van der Waals surface area contributed by atoms with Gasteiger partial charge in [0, 0.05) is 31.0 Å². The molecule has 0 unspecified atom stereocenters. The molecule has 11 heteroatoms. The van der Waals surface area contributed by atoms with E-state index in [0.717, 1.165) is 0 Å². The maximum absolute atomic E-state index is 12.5. The molecule has 0 radical (unpaired) electrons. The van der Waals surface area contributed by atoms with Crippen molar-refractivity contribution in [3.8, 4) is 0 Å². The van der Waals surface area contributed by atoms with Gasteiger partial charge in [-0.25, -0.2) is 4.98 Å². The van der Waals surface area contributed by atoms with Crippen molar-refractivity contribution in [1.82, 2.24) is 19.2 Å². The van der Waals surface area contributed by atoms with Crippen LogP contribution in [-0.4, -0.2) is 68.3 Å². The largest absolute Gasteiger partial charge is 1.00 e. The Labute approximate surface area is 192 Å². The topological polar surface area (TPSA) is 118 Å². The molecule has 2 aromatic heterocycles. The van der Waals surface area contributed by atoms with Gasteiger partial charge in [-0.3, -0.25) is 14.0 Å². The first-order valence-corrected chi connectivity index (χ1v) is 9.68. The summed E-state index contributed by atoms with van der Waals surface area (Å²) in [5.41, 5.74) is 1.12. The summed E-state index contributed by atoms with van der Waals surface area (Å²) in [6, 6.07) is -0.434. The molecule has 2 amide bonds. The van der Waals surface area contributed by atoms with Crippen LogP contribution in [0.3, 0.4) is 0 Å². The molecule has 0 aliphatic carbocycles. The summed E-state index contributed by atoms with van der Waals surface area (Å²) in [6.07, 6.45) is 0.604. The van der Waals surface area contributed by atoms with Gasteiger partial charge < -0.3 is 24.8 Å². The number of aliphatic hydroxyl groups is 1. The fourth-order valence-electron chi connectivity index (χ4n) is 4.24. The molecule has 1 saturated heterocycles. The van der Waals surface area contributed by atoms with Crippen LogP contribution in [0.15, 0.2) is 17.4 Å². The summed E-state index contributed by atoms with van der Waals surface area (Å²) < 4.78 is 1.67. The van der Waals surface area contributed by atoms with Crippen LogP contribution in [0.1, 0.15) is 30.0 Å². The molecule has 0 aromatic carbocycles. The number of imidazole rings is 1. The Kier molecular flexibility index (Phi) is 5.69. The van der Waals surface area contributed by atoms with E-state index in [-0.39, 0.29) is 52.8 Å². The van der Waals surface area contributed by atoms with Crippen LogP contribution in [0.25, 0.3) is 10.4 Å². The average molecular weight is 426 g/mol. The number of fused-ring (bicyclic) bond motifs is 2. The van der Waals surface area contributed by atoms with E-state index in [9.17, 15) is 24.6 Å². The van der Waals surface area contributed by atoms with E-state index >= 15 is 0 Å². The summed E-state index contributed by atoms with van der Waals surface area (Å²) in [7, 11) is 3.26. The molecule has 2 aliphatic rings. The number of amides is 2. The summed E-state index contributed by atoms with van der Waals surface area (Å²) in [6.45, 7) is 3.36. The minimum atomic E-state index is -1.44. The maximum atomic E-state index is 12.5. The number of thiazole rings is 1. The number of hydrogen-bond acceptors (Lipinski definition) is 7. The number of aliphatic hydroxyl groups excluding tert-OH is 1. The van der Waals surface area contributed by atoms with Gasteiger partial charge in [0.1, 0.15) is 11.2 Å². The quantitative estimate of drug-likeness (QED) is 0.399. The summed E-state index contributed by atoms with van der Waals surface area (Å²) in [5.74, 6) is -3.08. The first-order valence-electron chi connectivity index (χ1n) is 8.80. The summed E-state index contributed by atoms with van der Waals surface area (Å²) in [4.78, 5) is 44.1. The second-order valence-corrected chi connectivity index (χ2v) is 8.25. The predicted molar refractivity (Wildman–Crippen MR) is 98.0 cm³/mol. The number of rotatable bonds is 4. The third-order valence-corrected chi connectivity index (χ3v) is 6.47. The molecule has 4 rings (SSSR count). The van der Waals surface area contributed by atoms with Gasteiger partial charge in [0.2, 0.25) is 5.91 Å². The van der Waals surface area contributed by atoms with Crippen molar-refractivity contribution in [2.75, 3.05) is 14.1 Å². The number of hydrogen-bond donors (Lipinski definition) is 1. The number of carbonyl (C=O) groups excluding carboxylic acids is 3. The van der Waals surface area contributed by atoms with Gasteiger partial charge in [-0.05, 0) is 6.92 Å². The van der Waals surface area contributed by atoms with Gasteiger partial charge in [0.15, 0.2) is 5.69 Å². The van der Waals surface area contributed by atoms with Crippen LogP contribution in [0.5, 0.6) is 0 Å². The molecule has 0 bridgehead atoms. The Morgan fingerprint density at radius 1 is 1.38 bits per heavy atom. The molecule has 2 aliphatic heterocycles. The normalized spacial score (nSPS) is 24.2. The molecule has 4 atom stereocenters. The van der Waals surface area contributed by atoms with Gasteiger partial charge in [-0.2, -0.15) is 0 Å². The zero-order valence-corrected chi connectivity index (χ0v) is 19.6. The Morgan fingerprint density at radius 2 is 2.03 bits per heavy atom. The van der Waals surface area contributed by atoms with E-state index in [0.29, 0.717) is 16.1 Å².